The zero-order valence-electron chi connectivity index (χ0n) is 6.81. The lowest BCUT2D eigenvalue weighted by molar-refractivity contribution is -0.131. The predicted molar refractivity (Wildman–Crippen MR) is 38.9 cm³/mol. The second-order valence-electron chi connectivity index (χ2n) is 3.14. The zero-order valence-corrected chi connectivity index (χ0v) is 6.81. The number of ketones is 1. The molecule has 0 N–H and O–H groups in total. The van der Waals surface area contributed by atoms with Crippen LogP contribution in [0.3, 0.4) is 0 Å². The fourth-order valence-corrected chi connectivity index (χ4v) is 1.31. The second kappa shape index (κ2) is 2.35. The van der Waals surface area contributed by atoms with Gasteiger partial charge in [-0.25, -0.2) is 0 Å². The third-order valence-electron chi connectivity index (χ3n) is 2.20. The van der Waals surface area contributed by atoms with Crippen molar-refractivity contribution in [3.05, 3.63) is 0 Å². The van der Waals surface area contributed by atoms with E-state index < -0.39 is 5.60 Å². The molecule has 0 aliphatic carbocycles. The molecule has 2 heteroatoms. The van der Waals surface area contributed by atoms with E-state index in [9.17, 15) is 4.79 Å². The Morgan fingerprint density at radius 1 is 1.80 bits per heavy atom. The van der Waals surface area contributed by atoms with Crippen LogP contribution in [-0.2, 0) is 9.53 Å². The van der Waals surface area contributed by atoms with Crippen LogP contribution in [0.25, 0.3) is 0 Å². The Kier molecular flexibility index (Phi) is 1.82. The van der Waals surface area contributed by atoms with Gasteiger partial charge in [-0.3, -0.25) is 4.79 Å². The number of rotatable bonds is 1. The van der Waals surface area contributed by atoms with Gasteiger partial charge in [0.1, 0.15) is 5.60 Å². The summed E-state index contributed by atoms with van der Waals surface area (Å²) >= 11 is 0. The Hall–Kier alpha value is -0.370. The standard InChI is InChI=1S/C8H14O2/c1-4-8(3)7(9)5-6(2)10-8/h6H,4-5H2,1-3H3. The first-order valence-corrected chi connectivity index (χ1v) is 3.79. The summed E-state index contributed by atoms with van der Waals surface area (Å²) in [4.78, 5) is 11.2. The SMILES string of the molecule is CCC1(C)OC(C)CC1=O. The van der Waals surface area contributed by atoms with Crippen LogP contribution < -0.4 is 0 Å². The Morgan fingerprint density at radius 3 is 2.60 bits per heavy atom. The molecule has 2 atom stereocenters. The molecule has 1 aliphatic heterocycles. The fraction of sp³-hybridized carbons (Fsp3) is 0.875. The lowest BCUT2D eigenvalue weighted by atomic mass is 9.98. The summed E-state index contributed by atoms with van der Waals surface area (Å²) in [6.07, 6.45) is 1.50. The molecule has 2 nitrogen and oxygen atoms in total. The largest absolute Gasteiger partial charge is 0.364 e. The summed E-state index contributed by atoms with van der Waals surface area (Å²) in [7, 11) is 0. The van der Waals surface area contributed by atoms with Gasteiger partial charge in [-0.05, 0) is 20.3 Å². The van der Waals surface area contributed by atoms with Crippen LogP contribution in [0.4, 0.5) is 0 Å². The summed E-state index contributed by atoms with van der Waals surface area (Å²) in [5.41, 5.74) is -0.473. The van der Waals surface area contributed by atoms with Gasteiger partial charge in [-0.2, -0.15) is 0 Å². The van der Waals surface area contributed by atoms with Gasteiger partial charge in [-0.15, -0.1) is 0 Å². The number of hydrogen-bond acceptors (Lipinski definition) is 2. The number of carbonyl (C=O) groups is 1. The van der Waals surface area contributed by atoms with Crippen LogP contribution in [-0.4, -0.2) is 17.5 Å². The highest BCUT2D eigenvalue weighted by atomic mass is 16.5. The van der Waals surface area contributed by atoms with E-state index in [1.165, 1.54) is 0 Å². The summed E-state index contributed by atoms with van der Waals surface area (Å²) in [6.45, 7) is 5.80. The molecule has 1 fully saturated rings. The first kappa shape index (κ1) is 7.73. The molecule has 1 rings (SSSR count). The molecule has 2 unspecified atom stereocenters. The average molecular weight is 142 g/mol. The van der Waals surface area contributed by atoms with E-state index in [0.29, 0.717) is 6.42 Å². The minimum atomic E-state index is -0.473. The zero-order chi connectivity index (χ0) is 7.78. The first-order chi connectivity index (χ1) is 4.58. The van der Waals surface area contributed by atoms with Crippen molar-refractivity contribution in [1.82, 2.24) is 0 Å². The van der Waals surface area contributed by atoms with Crippen molar-refractivity contribution in [3.8, 4) is 0 Å². The Morgan fingerprint density at radius 2 is 2.40 bits per heavy atom. The Bertz CT molecular complexity index is 153. The van der Waals surface area contributed by atoms with Crippen molar-refractivity contribution >= 4 is 5.78 Å². The number of Topliss-reactive ketones (excluding diaryl/α,β-unsaturated/α-hetero) is 1. The first-order valence-electron chi connectivity index (χ1n) is 3.79. The molecule has 0 bridgehead atoms. The van der Waals surface area contributed by atoms with E-state index in [1.807, 2.05) is 20.8 Å². The average Bonchev–Trinajstić information content (AvgIpc) is 2.09. The Labute approximate surface area is 61.6 Å². The topological polar surface area (TPSA) is 26.3 Å². The van der Waals surface area contributed by atoms with E-state index in [4.69, 9.17) is 4.74 Å². The summed E-state index contributed by atoms with van der Waals surface area (Å²) in [5, 5.41) is 0. The molecule has 0 spiro atoms. The summed E-state index contributed by atoms with van der Waals surface area (Å²) < 4.78 is 5.46. The molecular weight excluding hydrogens is 128 g/mol. The van der Waals surface area contributed by atoms with Crippen molar-refractivity contribution < 1.29 is 9.53 Å². The van der Waals surface area contributed by atoms with E-state index in [2.05, 4.69) is 0 Å². The minimum Gasteiger partial charge on any atom is -0.364 e. The summed E-state index contributed by atoms with van der Waals surface area (Å²) in [5.74, 6) is 0.252. The van der Waals surface area contributed by atoms with E-state index in [1.54, 1.807) is 0 Å². The molecule has 0 saturated carbocycles. The van der Waals surface area contributed by atoms with Crippen molar-refractivity contribution in [2.75, 3.05) is 0 Å². The van der Waals surface area contributed by atoms with Gasteiger partial charge >= 0.3 is 0 Å². The molecule has 0 aromatic carbocycles. The summed E-state index contributed by atoms with van der Waals surface area (Å²) in [6, 6.07) is 0. The van der Waals surface area contributed by atoms with Crippen LogP contribution in [0.5, 0.6) is 0 Å². The van der Waals surface area contributed by atoms with Gasteiger partial charge in [0.05, 0.1) is 6.10 Å². The van der Waals surface area contributed by atoms with E-state index in [-0.39, 0.29) is 11.9 Å². The smallest absolute Gasteiger partial charge is 0.166 e. The molecule has 58 valence electrons. The van der Waals surface area contributed by atoms with Crippen LogP contribution >= 0.6 is 0 Å². The maximum absolute atomic E-state index is 11.2. The Balaban J connectivity index is 2.70. The van der Waals surface area contributed by atoms with Crippen LogP contribution in [0, 0.1) is 0 Å². The number of ether oxygens (including phenoxy) is 1. The molecule has 1 saturated heterocycles. The minimum absolute atomic E-state index is 0.123. The molecular formula is C8H14O2. The van der Waals surface area contributed by atoms with E-state index >= 15 is 0 Å². The van der Waals surface area contributed by atoms with Crippen molar-refractivity contribution in [2.24, 2.45) is 0 Å². The molecule has 0 radical (unpaired) electrons. The van der Waals surface area contributed by atoms with Crippen molar-refractivity contribution in [3.63, 3.8) is 0 Å². The highest BCUT2D eigenvalue weighted by Crippen LogP contribution is 2.28. The lowest BCUT2D eigenvalue weighted by Gasteiger charge is -2.19. The molecule has 0 amide bonds. The van der Waals surface area contributed by atoms with Gasteiger partial charge in [0.2, 0.25) is 0 Å². The molecule has 1 aliphatic rings. The number of carbonyl (C=O) groups excluding carboxylic acids is 1. The van der Waals surface area contributed by atoms with Crippen LogP contribution in [0.2, 0.25) is 0 Å². The van der Waals surface area contributed by atoms with Crippen LogP contribution in [0.1, 0.15) is 33.6 Å². The van der Waals surface area contributed by atoms with Gasteiger partial charge in [0.15, 0.2) is 5.78 Å². The van der Waals surface area contributed by atoms with Gasteiger partial charge in [0, 0.05) is 6.42 Å². The maximum Gasteiger partial charge on any atom is 0.166 e. The normalized spacial score (nSPS) is 40.7. The monoisotopic (exact) mass is 142 g/mol. The lowest BCUT2D eigenvalue weighted by Crippen LogP contribution is -2.30. The fourth-order valence-electron chi connectivity index (χ4n) is 1.31. The van der Waals surface area contributed by atoms with E-state index in [0.717, 1.165) is 6.42 Å². The highest BCUT2D eigenvalue weighted by Gasteiger charge is 2.40. The quantitative estimate of drug-likeness (QED) is 0.555. The van der Waals surface area contributed by atoms with Crippen molar-refractivity contribution in [1.29, 1.82) is 0 Å². The maximum atomic E-state index is 11.2. The highest BCUT2D eigenvalue weighted by molar-refractivity contribution is 5.88. The second-order valence-corrected chi connectivity index (χ2v) is 3.14. The molecule has 0 aromatic rings. The third-order valence-corrected chi connectivity index (χ3v) is 2.20. The van der Waals surface area contributed by atoms with Crippen molar-refractivity contribution in [2.45, 2.75) is 45.3 Å². The van der Waals surface area contributed by atoms with Crippen LogP contribution in [0.15, 0.2) is 0 Å². The van der Waals surface area contributed by atoms with Gasteiger partial charge < -0.3 is 4.74 Å². The molecule has 1 heterocycles. The number of hydrogen-bond donors (Lipinski definition) is 0. The van der Waals surface area contributed by atoms with Gasteiger partial charge in [0.25, 0.3) is 0 Å². The predicted octanol–water partition coefficient (Wildman–Crippen LogP) is 1.53. The molecule has 10 heavy (non-hydrogen) atoms. The third kappa shape index (κ3) is 1.08. The van der Waals surface area contributed by atoms with Gasteiger partial charge in [-0.1, -0.05) is 6.92 Å². The molecule has 0 aromatic heterocycles.